The van der Waals surface area contributed by atoms with Gasteiger partial charge < -0.3 is 29.9 Å². The molecule has 2 saturated heterocycles. The van der Waals surface area contributed by atoms with E-state index in [9.17, 15) is 0 Å². The van der Waals surface area contributed by atoms with E-state index >= 15 is 0 Å². The highest BCUT2D eigenvalue weighted by Gasteiger charge is 2.15. The van der Waals surface area contributed by atoms with Gasteiger partial charge in [-0.2, -0.15) is 0 Å². The smallest absolute Gasteiger partial charge is 0.191 e. The molecule has 0 aromatic heterocycles. The first-order chi connectivity index (χ1) is 12.3. The van der Waals surface area contributed by atoms with Gasteiger partial charge in [0.05, 0.1) is 12.7 Å². The quantitative estimate of drug-likeness (QED) is 0.221. The summed E-state index contributed by atoms with van der Waals surface area (Å²) < 4.78 is 11.1. The molecule has 0 saturated carbocycles. The summed E-state index contributed by atoms with van der Waals surface area (Å²) in [7, 11) is 2.21. The van der Waals surface area contributed by atoms with Gasteiger partial charge in [-0.3, -0.25) is 4.99 Å². The molecule has 7 nitrogen and oxygen atoms in total. The fourth-order valence-electron chi connectivity index (χ4n) is 3.15. The Bertz CT molecular complexity index is 381. The maximum absolute atomic E-state index is 5.78. The standard InChI is InChI=1S/C18H37N5O2.HI/c1-3-19-18(20-7-4-14-25-17-6-15-24-16-17)21-8-11-23-10-5-9-22(2)12-13-23;/h17H,3-16H2,1-2H3,(H2,19,20,21);1H. The van der Waals surface area contributed by atoms with Crippen molar-refractivity contribution in [3.63, 3.8) is 0 Å². The molecule has 0 aromatic carbocycles. The molecule has 0 aromatic rings. The van der Waals surface area contributed by atoms with Crippen molar-refractivity contribution in [2.75, 3.05) is 79.2 Å². The number of hydrogen-bond acceptors (Lipinski definition) is 5. The SMILES string of the molecule is CCNC(=NCCCOC1CCOC1)NCCN1CCCN(C)CC1.I. The molecule has 0 bridgehead atoms. The first kappa shape index (κ1) is 23.9. The van der Waals surface area contributed by atoms with E-state index in [4.69, 9.17) is 9.47 Å². The Labute approximate surface area is 176 Å². The first-order valence-corrected chi connectivity index (χ1v) is 9.90. The summed E-state index contributed by atoms with van der Waals surface area (Å²) in [6, 6.07) is 0. The minimum Gasteiger partial charge on any atom is -0.379 e. The zero-order valence-corrected chi connectivity index (χ0v) is 18.9. The van der Waals surface area contributed by atoms with E-state index in [1.807, 2.05) is 0 Å². The van der Waals surface area contributed by atoms with Crippen molar-refractivity contribution < 1.29 is 9.47 Å². The zero-order valence-electron chi connectivity index (χ0n) is 16.5. The highest BCUT2D eigenvalue weighted by Crippen LogP contribution is 2.08. The average molecular weight is 483 g/mol. The van der Waals surface area contributed by atoms with E-state index in [1.165, 1.54) is 26.1 Å². The maximum atomic E-state index is 5.78. The predicted molar refractivity (Wildman–Crippen MR) is 118 cm³/mol. The Morgan fingerprint density at radius 2 is 2.12 bits per heavy atom. The van der Waals surface area contributed by atoms with E-state index in [2.05, 4.69) is 39.4 Å². The first-order valence-electron chi connectivity index (χ1n) is 9.90. The van der Waals surface area contributed by atoms with Crippen LogP contribution in [0.2, 0.25) is 0 Å². The summed E-state index contributed by atoms with van der Waals surface area (Å²) in [6.45, 7) is 12.9. The van der Waals surface area contributed by atoms with Crippen LogP contribution < -0.4 is 10.6 Å². The van der Waals surface area contributed by atoms with Crippen molar-refractivity contribution in [3.05, 3.63) is 0 Å². The van der Waals surface area contributed by atoms with Crippen LogP contribution in [-0.4, -0.2) is 101 Å². The molecule has 0 spiro atoms. The van der Waals surface area contributed by atoms with Gasteiger partial charge in [-0.25, -0.2) is 0 Å². The molecule has 1 unspecified atom stereocenters. The Hall–Kier alpha value is -0.160. The van der Waals surface area contributed by atoms with E-state index in [-0.39, 0.29) is 24.0 Å². The van der Waals surface area contributed by atoms with Crippen LogP contribution in [0.3, 0.4) is 0 Å². The van der Waals surface area contributed by atoms with Gasteiger partial charge in [0.2, 0.25) is 0 Å². The highest BCUT2D eigenvalue weighted by atomic mass is 127. The molecule has 154 valence electrons. The van der Waals surface area contributed by atoms with Gasteiger partial charge in [0.1, 0.15) is 0 Å². The van der Waals surface area contributed by atoms with Crippen molar-refractivity contribution in [2.24, 2.45) is 4.99 Å². The van der Waals surface area contributed by atoms with Gasteiger partial charge in [0.15, 0.2) is 5.96 Å². The van der Waals surface area contributed by atoms with Crippen molar-refractivity contribution >= 4 is 29.9 Å². The number of nitrogens with one attached hydrogen (secondary N) is 2. The molecule has 0 radical (unpaired) electrons. The summed E-state index contributed by atoms with van der Waals surface area (Å²) in [5.41, 5.74) is 0. The number of aliphatic imine (C=N–C) groups is 1. The third-order valence-corrected chi connectivity index (χ3v) is 4.69. The van der Waals surface area contributed by atoms with Gasteiger partial charge >= 0.3 is 0 Å². The lowest BCUT2D eigenvalue weighted by atomic mass is 10.3. The fraction of sp³-hybridized carbons (Fsp3) is 0.944. The van der Waals surface area contributed by atoms with Crippen LogP contribution in [-0.2, 0) is 9.47 Å². The van der Waals surface area contributed by atoms with Crippen LogP contribution in [0.1, 0.15) is 26.2 Å². The molecular weight excluding hydrogens is 445 g/mol. The topological polar surface area (TPSA) is 61.4 Å². The van der Waals surface area contributed by atoms with Crippen molar-refractivity contribution in [1.82, 2.24) is 20.4 Å². The molecule has 2 fully saturated rings. The Morgan fingerprint density at radius 1 is 1.23 bits per heavy atom. The highest BCUT2D eigenvalue weighted by molar-refractivity contribution is 14.0. The van der Waals surface area contributed by atoms with Gasteiger partial charge in [0.25, 0.3) is 0 Å². The molecule has 0 aliphatic carbocycles. The minimum absolute atomic E-state index is 0. The lowest BCUT2D eigenvalue weighted by Gasteiger charge is -2.21. The molecule has 1 atom stereocenters. The largest absolute Gasteiger partial charge is 0.379 e. The second-order valence-electron chi connectivity index (χ2n) is 6.90. The third kappa shape index (κ3) is 10.2. The minimum atomic E-state index is 0. The Kier molecular flexibility index (Phi) is 13.6. The predicted octanol–water partition coefficient (Wildman–Crippen LogP) is 0.993. The van der Waals surface area contributed by atoms with Gasteiger partial charge in [-0.05, 0) is 46.3 Å². The average Bonchev–Trinajstić information content (AvgIpc) is 3.03. The molecule has 8 heteroatoms. The Balaban J connectivity index is 0.00000338. The number of nitrogens with zero attached hydrogens (tertiary/aromatic N) is 3. The zero-order chi connectivity index (χ0) is 17.7. The Morgan fingerprint density at radius 3 is 2.88 bits per heavy atom. The molecule has 2 aliphatic rings. The third-order valence-electron chi connectivity index (χ3n) is 4.69. The molecule has 0 amide bonds. The lowest BCUT2D eigenvalue weighted by Crippen LogP contribution is -2.42. The second-order valence-corrected chi connectivity index (χ2v) is 6.90. The van der Waals surface area contributed by atoms with Crippen molar-refractivity contribution in [2.45, 2.75) is 32.3 Å². The summed E-state index contributed by atoms with van der Waals surface area (Å²) in [5.74, 6) is 0.915. The second kappa shape index (κ2) is 14.8. The lowest BCUT2D eigenvalue weighted by molar-refractivity contribution is 0.0424. The van der Waals surface area contributed by atoms with Crippen LogP contribution in [0, 0.1) is 0 Å². The number of ether oxygens (including phenoxy) is 2. The monoisotopic (exact) mass is 483 g/mol. The van der Waals surface area contributed by atoms with E-state index < -0.39 is 0 Å². The molecule has 2 aliphatic heterocycles. The number of hydrogen-bond donors (Lipinski definition) is 2. The van der Waals surface area contributed by atoms with Crippen LogP contribution in [0.25, 0.3) is 0 Å². The molecule has 26 heavy (non-hydrogen) atoms. The number of rotatable bonds is 9. The molecule has 2 heterocycles. The number of guanidine groups is 1. The van der Waals surface area contributed by atoms with Crippen LogP contribution in [0.4, 0.5) is 0 Å². The van der Waals surface area contributed by atoms with Crippen LogP contribution in [0.5, 0.6) is 0 Å². The number of halogens is 1. The van der Waals surface area contributed by atoms with Gasteiger partial charge in [-0.15, -0.1) is 24.0 Å². The van der Waals surface area contributed by atoms with E-state index in [1.54, 1.807) is 0 Å². The molecule has 2 rings (SSSR count). The molecular formula is C18H38IN5O2. The number of likely N-dealkylation sites (N-methyl/N-ethyl adjacent to an activating group) is 1. The van der Waals surface area contributed by atoms with E-state index in [0.717, 1.165) is 71.3 Å². The van der Waals surface area contributed by atoms with Crippen molar-refractivity contribution in [1.29, 1.82) is 0 Å². The van der Waals surface area contributed by atoms with Gasteiger partial charge in [-0.1, -0.05) is 0 Å². The maximum Gasteiger partial charge on any atom is 0.191 e. The normalized spacial score (nSPS) is 22.7. The summed E-state index contributed by atoms with van der Waals surface area (Å²) in [6.07, 6.45) is 3.53. The fourth-order valence-corrected chi connectivity index (χ4v) is 3.15. The summed E-state index contributed by atoms with van der Waals surface area (Å²) >= 11 is 0. The summed E-state index contributed by atoms with van der Waals surface area (Å²) in [5, 5.41) is 6.78. The molecule has 2 N–H and O–H groups in total. The van der Waals surface area contributed by atoms with Gasteiger partial charge in [0, 0.05) is 52.5 Å². The van der Waals surface area contributed by atoms with Crippen LogP contribution >= 0.6 is 24.0 Å². The summed E-state index contributed by atoms with van der Waals surface area (Å²) in [4.78, 5) is 9.60. The van der Waals surface area contributed by atoms with E-state index in [0.29, 0.717) is 6.10 Å². The van der Waals surface area contributed by atoms with Crippen molar-refractivity contribution in [3.8, 4) is 0 Å². The van der Waals surface area contributed by atoms with Crippen LogP contribution in [0.15, 0.2) is 4.99 Å².